The predicted octanol–water partition coefficient (Wildman–Crippen LogP) is 3.68. The van der Waals surface area contributed by atoms with Gasteiger partial charge < -0.3 is 49.6 Å². The van der Waals surface area contributed by atoms with E-state index in [1.54, 1.807) is 0 Å². The fourth-order valence-electron chi connectivity index (χ4n) is 5.78. The molecule has 42 heavy (non-hydrogen) atoms. The molecule has 0 bridgehead atoms. The number of hydrogen-bond acceptors (Lipinski definition) is 12. The van der Waals surface area contributed by atoms with Crippen LogP contribution in [0.2, 0.25) is 0 Å². The van der Waals surface area contributed by atoms with Crippen molar-refractivity contribution in [2.45, 2.75) is 11.7 Å². The van der Waals surface area contributed by atoms with Gasteiger partial charge in [-0.25, -0.2) is 0 Å². The molecule has 0 unspecified atom stereocenters. The molecule has 7 N–H and O–H groups in total. The van der Waals surface area contributed by atoms with E-state index >= 15 is 0 Å². The molecule has 0 aliphatic carbocycles. The smallest absolute Gasteiger partial charge is 0.262 e. The summed E-state index contributed by atoms with van der Waals surface area (Å²) >= 11 is 0. The lowest BCUT2D eigenvalue weighted by molar-refractivity contribution is -0.0236. The summed E-state index contributed by atoms with van der Waals surface area (Å²) in [4.78, 5) is 28.3. The normalized spacial score (nSPS) is 18.6. The highest BCUT2D eigenvalue weighted by Crippen LogP contribution is 2.59. The van der Waals surface area contributed by atoms with E-state index in [2.05, 4.69) is 0 Å². The molecular weight excluding hydrogens is 552 g/mol. The van der Waals surface area contributed by atoms with E-state index in [0.717, 1.165) is 30.5 Å². The van der Waals surface area contributed by atoms with Crippen LogP contribution in [0.5, 0.6) is 51.7 Å². The molecule has 5 aromatic rings. The minimum Gasteiger partial charge on any atom is -0.508 e. The SMILES string of the molecule is O=C1c2c(O)cc(O)cc2O[C@H]2Oc3cc(O)ccc3[C@]12c1c(O)cc(O)c2c(=O)c(-c3ccc(O)cc3O)coc12. The molecular formula is C30H18O12. The molecule has 0 saturated carbocycles. The summed E-state index contributed by atoms with van der Waals surface area (Å²) in [6.07, 6.45) is -0.657. The fraction of sp³-hybridized carbons (Fsp3) is 0.0667. The van der Waals surface area contributed by atoms with Gasteiger partial charge >= 0.3 is 0 Å². The molecule has 12 nitrogen and oxygen atoms in total. The van der Waals surface area contributed by atoms with Crippen molar-refractivity contribution >= 4 is 16.8 Å². The number of phenols is 7. The number of Topliss-reactive ketones (excluding diaryl/α,β-unsaturated/α-hetero) is 1. The zero-order chi connectivity index (χ0) is 29.7. The Morgan fingerprint density at radius 3 is 2.07 bits per heavy atom. The van der Waals surface area contributed by atoms with Gasteiger partial charge in [0.15, 0.2) is 11.2 Å². The highest BCUT2D eigenvalue weighted by atomic mass is 16.7. The lowest BCUT2D eigenvalue weighted by atomic mass is 9.67. The molecule has 3 heterocycles. The van der Waals surface area contributed by atoms with E-state index in [1.165, 1.54) is 30.3 Å². The quantitative estimate of drug-likeness (QED) is 0.162. The molecule has 210 valence electrons. The van der Waals surface area contributed by atoms with E-state index < -0.39 is 62.6 Å². The van der Waals surface area contributed by atoms with E-state index in [9.17, 15) is 45.3 Å². The first-order valence-corrected chi connectivity index (χ1v) is 12.3. The van der Waals surface area contributed by atoms with Gasteiger partial charge in [-0.1, -0.05) is 0 Å². The van der Waals surface area contributed by atoms with Crippen molar-refractivity contribution in [2.24, 2.45) is 0 Å². The summed E-state index contributed by atoms with van der Waals surface area (Å²) in [7, 11) is 0. The lowest BCUT2D eigenvalue weighted by Crippen LogP contribution is -2.52. The number of aromatic hydroxyl groups is 7. The number of carbonyl (C=O) groups is 1. The van der Waals surface area contributed by atoms with E-state index in [-0.39, 0.29) is 50.8 Å². The average Bonchev–Trinajstić information content (AvgIpc) is 3.22. The van der Waals surface area contributed by atoms with Crippen molar-refractivity contribution in [3.8, 4) is 62.9 Å². The van der Waals surface area contributed by atoms with Crippen LogP contribution in [0.1, 0.15) is 21.5 Å². The van der Waals surface area contributed by atoms with Gasteiger partial charge in [-0.15, -0.1) is 0 Å². The molecule has 1 aromatic heterocycles. The molecule has 2 atom stereocenters. The van der Waals surface area contributed by atoms with Crippen LogP contribution in [0.15, 0.2) is 70.1 Å². The van der Waals surface area contributed by atoms with Crippen LogP contribution in [-0.2, 0) is 5.41 Å². The number of hydrogen-bond donors (Lipinski definition) is 7. The van der Waals surface area contributed by atoms with E-state index in [1.807, 2.05) is 0 Å². The van der Waals surface area contributed by atoms with E-state index in [4.69, 9.17) is 13.9 Å². The third-order valence-corrected chi connectivity index (χ3v) is 7.53. The Labute approximate surface area is 233 Å². The third kappa shape index (κ3) is 3.11. The molecule has 12 heteroatoms. The van der Waals surface area contributed by atoms with Gasteiger partial charge in [0.05, 0.1) is 11.1 Å². The summed E-state index contributed by atoms with van der Waals surface area (Å²) in [6.45, 7) is 0. The molecule has 0 fully saturated rings. The summed E-state index contributed by atoms with van der Waals surface area (Å²) in [6, 6.07) is 10.1. The zero-order valence-corrected chi connectivity index (χ0v) is 21.0. The molecule has 2 aliphatic rings. The van der Waals surface area contributed by atoms with Crippen LogP contribution in [0.4, 0.5) is 0 Å². The largest absolute Gasteiger partial charge is 0.508 e. The summed E-state index contributed by atoms with van der Waals surface area (Å²) in [5.41, 5.74) is -4.36. The topological polar surface area (TPSA) is 207 Å². The number of benzene rings is 4. The Morgan fingerprint density at radius 2 is 1.31 bits per heavy atom. The first-order chi connectivity index (χ1) is 20.0. The predicted molar refractivity (Wildman–Crippen MR) is 143 cm³/mol. The van der Waals surface area contributed by atoms with Crippen LogP contribution in [0, 0.1) is 0 Å². The van der Waals surface area contributed by atoms with Gasteiger partial charge in [0.2, 0.25) is 5.43 Å². The standard InChI is InChI=1S/C30H18O12/c31-11-1-3-14(17(34)5-11)15-10-40-27-24(26(15)38)19(36)9-20(37)25(27)30-16-4-2-12(32)7-21(16)41-29(30)42-22-8-13(33)6-18(35)23(22)28(30)39/h1-10,29,31-37H/t29-,30+/m1/s1. The number of fused-ring (bicyclic) bond motifs is 5. The van der Waals surface area contributed by atoms with Crippen LogP contribution in [0.25, 0.3) is 22.1 Å². The van der Waals surface area contributed by atoms with Crippen molar-refractivity contribution in [2.75, 3.05) is 0 Å². The van der Waals surface area contributed by atoms with Crippen LogP contribution >= 0.6 is 0 Å². The number of rotatable bonds is 2. The molecule has 2 aliphatic heterocycles. The second kappa shape index (κ2) is 8.24. The number of phenolic OH excluding ortho intramolecular Hbond substituents is 7. The first kappa shape index (κ1) is 25.0. The highest BCUT2D eigenvalue weighted by molar-refractivity contribution is 6.14. The maximum Gasteiger partial charge on any atom is 0.262 e. The van der Waals surface area contributed by atoms with Crippen molar-refractivity contribution in [1.82, 2.24) is 0 Å². The lowest BCUT2D eigenvalue weighted by Gasteiger charge is -2.38. The third-order valence-electron chi connectivity index (χ3n) is 7.53. The minimum atomic E-state index is -2.17. The van der Waals surface area contributed by atoms with Crippen molar-refractivity contribution in [1.29, 1.82) is 0 Å². The Kier molecular flexibility index (Phi) is 4.90. The molecule has 0 radical (unpaired) electrons. The second-order valence-corrected chi connectivity index (χ2v) is 9.90. The number of carbonyl (C=O) groups excluding carboxylic acids is 1. The second-order valence-electron chi connectivity index (χ2n) is 9.90. The molecule has 0 amide bonds. The Balaban J connectivity index is 1.59. The monoisotopic (exact) mass is 570 g/mol. The molecule has 0 spiro atoms. The minimum absolute atomic E-state index is 0.0292. The van der Waals surface area contributed by atoms with Gasteiger partial charge in [-0.3, -0.25) is 9.59 Å². The van der Waals surface area contributed by atoms with Crippen LogP contribution < -0.4 is 14.9 Å². The zero-order valence-electron chi connectivity index (χ0n) is 21.0. The Hall–Kier alpha value is -6.04. The van der Waals surface area contributed by atoms with Crippen LogP contribution in [0.3, 0.4) is 0 Å². The number of ether oxygens (including phenoxy) is 2. The van der Waals surface area contributed by atoms with Gasteiger partial charge in [-0.05, 0) is 24.3 Å². The van der Waals surface area contributed by atoms with E-state index in [0.29, 0.717) is 0 Å². The number of ketones is 1. The first-order valence-electron chi connectivity index (χ1n) is 12.3. The molecule has 7 rings (SSSR count). The van der Waals surface area contributed by atoms with Gasteiger partial charge in [0, 0.05) is 41.5 Å². The van der Waals surface area contributed by atoms with Gasteiger partial charge in [0.1, 0.15) is 74.5 Å². The Bertz CT molecular complexity index is 2080. The fourth-order valence-corrected chi connectivity index (χ4v) is 5.78. The van der Waals surface area contributed by atoms with Gasteiger partial charge in [0.25, 0.3) is 6.29 Å². The maximum absolute atomic E-state index is 14.5. The van der Waals surface area contributed by atoms with Crippen molar-refractivity contribution < 1.29 is 54.4 Å². The van der Waals surface area contributed by atoms with Crippen molar-refractivity contribution in [3.63, 3.8) is 0 Å². The van der Waals surface area contributed by atoms with Gasteiger partial charge in [-0.2, -0.15) is 0 Å². The highest BCUT2D eigenvalue weighted by Gasteiger charge is 2.64. The summed E-state index contributed by atoms with van der Waals surface area (Å²) < 4.78 is 17.7. The summed E-state index contributed by atoms with van der Waals surface area (Å²) in [5, 5.41) is 72.5. The van der Waals surface area contributed by atoms with Crippen LogP contribution in [-0.4, -0.2) is 47.8 Å². The average molecular weight is 570 g/mol. The Morgan fingerprint density at radius 1 is 0.643 bits per heavy atom. The molecule has 4 aromatic carbocycles. The van der Waals surface area contributed by atoms with Crippen molar-refractivity contribution in [3.05, 3.63) is 87.8 Å². The maximum atomic E-state index is 14.5. The molecule has 0 saturated heterocycles. The summed E-state index contributed by atoms with van der Waals surface area (Å²) in [5.74, 6) is -4.54.